The number of carbonyl (C=O) groups excluding carboxylic acids is 1. The third-order valence-corrected chi connectivity index (χ3v) is 3.93. The fourth-order valence-electron chi connectivity index (χ4n) is 2.33. The minimum atomic E-state index is -0.734. The number of hydrogen-bond donors (Lipinski definition) is 0. The Kier molecular flexibility index (Phi) is 4.70. The Labute approximate surface area is 149 Å². The van der Waals surface area contributed by atoms with Gasteiger partial charge in [0.05, 0.1) is 16.2 Å². The van der Waals surface area contributed by atoms with Crippen molar-refractivity contribution >= 4 is 11.7 Å². The van der Waals surface area contributed by atoms with Gasteiger partial charge in [-0.3, -0.25) is 10.1 Å². The number of ether oxygens (including phenoxy) is 1. The number of hydrogen-bond acceptors (Lipinski definition) is 6. The lowest BCUT2D eigenvalue weighted by Gasteiger charge is -2.06. The molecule has 1 aromatic heterocycles. The Morgan fingerprint density at radius 2 is 1.81 bits per heavy atom. The van der Waals surface area contributed by atoms with Crippen LogP contribution in [0.5, 0.6) is 5.88 Å². The topological polar surface area (TPSA) is 95.2 Å². The van der Waals surface area contributed by atoms with E-state index in [-0.39, 0.29) is 17.1 Å². The molecule has 0 unspecified atom stereocenters. The van der Waals surface area contributed by atoms with Crippen molar-refractivity contribution in [2.75, 3.05) is 0 Å². The molecule has 0 saturated heterocycles. The molecule has 7 nitrogen and oxygen atoms in total. The molecule has 26 heavy (non-hydrogen) atoms. The minimum absolute atomic E-state index is 0.0223. The summed E-state index contributed by atoms with van der Waals surface area (Å²) in [4.78, 5) is 22.3. The molecule has 130 valence electrons. The lowest BCUT2D eigenvalue weighted by Crippen LogP contribution is -2.10. The predicted octanol–water partition coefficient (Wildman–Crippen LogP) is 3.89. The number of rotatable bonds is 4. The normalized spacial score (nSPS) is 10.4. The first-order valence-electron chi connectivity index (χ1n) is 7.82. The summed E-state index contributed by atoms with van der Waals surface area (Å²) in [5.74, 6) is -0.712. The van der Waals surface area contributed by atoms with Gasteiger partial charge in [-0.15, -0.1) is 10.2 Å². The van der Waals surface area contributed by atoms with E-state index in [4.69, 9.17) is 4.74 Å². The van der Waals surface area contributed by atoms with Crippen molar-refractivity contribution in [3.63, 3.8) is 0 Å². The van der Waals surface area contributed by atoms with Crippen LogP contribution in [0.15, 0.2) is 54.6 Å². The van der Waals surface area contributed by atoms with Crippen LogP contribution < -0.4 is 4.74 Å². The third-order valence-electron chi connectivity index (χ3n) is 3.93. The fourth-order valence-corrected chi connectivity index (χ4v) is 2.33. The highest BCUT2D eigenvalue weighted by Crippen LogP contribution is 2.21. The first kappa shape index (κ1) is 17.2. The second-order valence-corrected chi connectivity index (χ2v) is 5.75. The number of nitro groups is 1. The Morgan fingerprint density at radius 1 is 1.00 bits per heavy atom. The van der Waals surface area contributed by atoms with Crippen molar-refractivity contribution in [3.8, 4) is 17.1 Å². The highest BCUT2D eigenvalue weighted by Gasteiger charge is 2.14. The molecule has 0 N–H and O–H groups in total. The molecule has 0 saturated carbocycles. The molecule has 1 heterocycles. The average molecular weight is 349 g/mol. The number of benzene rings is 2. The monoisotopic (exact) mass is 349 g/mol. The molecule has 0 aliphatic rings. The second kappa shape index (κ2) is 7.10. The van der Waals surface area contributed by atoms with Crippen molar-refractivity contribution in [1.82, 2.24) is 10.2 Å². The van der Waals surface area contributed by atoms with E-state index in [0.717, 1.165) is 17.2 Å². The molecule has 0 aliphatic heterocycles. The molecular weight excluding hydrogens is 334 g/mol. The Morgan fingerprint density at radius 3 is 2.46 bits per heavy atom. The van der Waals surface area contributed by atoms with E-state index >= 15 is 0 Å². The first-order valence-corrected chi connectivity index (χ1v) is 7.82. The van der Waals surface area contributed by atoms with Gasteiger partial charge < -0.3 is 4.74 Å². The van der Waals surface area contributed by atoms with Crippen molar-refractivity contribution in [2.24, 2.45) is 0 Å². The van der Waals surface area contributed by atoms with Gasteiger partial charge in [0.15, 0.2) is 0 Å². The number of non-ortho nitro benzene ring substituents is 1. The summed E-state index contributed by atoms with van der Waals surface area (Å²) < 4.78 is 5.13. The molecule has 0 aliphatic carbocycles. The van der Waals surface area contributed by atoms with Crippen molar-refractivity contribution in [1.29, 1.82) is 0 Å². The summed E-state index contributed by atoms with van der Waals surface area (Å²) in [7, 11) is 0. The van der Waals surface area contributed by atoms with E-state index in [2.05, 4.69) is 10.2 Å². The van der Waals surface area contributed by atoms with Crippen LogP contribution in [0.25, 0.3) is 11.3 Å². The summed E-state index contributed by atoms with van der Waals surface area (Å²) >= 11 is 0. The second-order valence-electron chi connectivity index (χ2n) is 5.75. The fraction of sp³-hybridized carbons (Fsp3) is 0.105. The average Bonchev–Trinajstić information content (AvgIpc) is 2.64. The summed E-state index contributed by atoms with van der Waals surface area (Å²) in [6.45, 7) is 4.04. The van der Waals surface area contributed by atoms with Gasteiger partial charge in [0.2, 0.25) is 5.88 Å². The van der Waals surface area contributed by atoms with Gasteiger partial charge >= 0.3 is 5.97 Å². The molecule has 0 atom stereocenters. The number of carbonyl (C=O) groups is 1. The molecule has 0 fully saturated rings. The lowest BCUT2D eigenvalue weighted by atomic mass is 10.0. The van der Waals surface area contributed by atoms with Gasteiger partial charge in [0.25, 0.3) is 5.69 Å². The van der Waals surface area contributed by atoms with E-state index in [1.807, 2.05) is 32.0 Å². The first-order chi connectivity index (χ1) is 12.4. The minimum Gasteiger partial charge on any atom is -0.402 e. The summed E-state index contributed by atoms with van der Waals surface area (Å²) in [5.41, 5.74) is 3.78. The van der Waals surface area contributed by atoms with Gasteiger partial charge in [-0.05, 0) is 43.2 Å². The molecule has 0 bridgehead atoms. The van der Waals surface area contributed by atoms with Crippen LogP contribution in [0.4, 0.5) is 5.69 Å². The zero-order valence-electron chi connectivity index (χ0n) is 14.2. The zero-order chi connectivity index (χ0) is 18.7. The zero-order valence-corrected chi connectivity index (χ0v) is 14.2. The van der Waals surface area contributed by atoms with Crippen LogP contribution in [-0.2, 0) is 0 Å². The molecule has 0 radical (unpaired) electrons. The number of aryl methyl sites for hydroxylation is 2. The molecule has 2 aromatic carbocycles. The highest BCUT2D eigenvalue weighted by atomic mass is 16.6. The lowest BCUT2D eigenvalue weighted by molar-refractivity contribution is -0.384. The predicted molar refractivity (Wildman–Crippen MR) is 95.0 cm³/mol. The van der Waals surface area contributed by atoms with E-state index < -0.39 is 10.9 Å². The Bertz CT molecular complexity index is 984. The number of esters is 1. The molecule has 3 rings (SSSR count). The van der Waals surface area contributed by atoms with E-state index in [9.17, 15) is 14.9 Å². The van der Waals surface area contributed by atoms with Gasteiger partial charge in [-0.25, -0.2) is 4.79 Å². The summed E-state index contributed by atoms with van der Waals surface area (Å²) in [5, 5.41) is 18.8. The van der Waals surface area contributed by atoms with Crippen molar-refractivity contribution < 1.29 is 14.5 Å². The summed E-state index contributed by atoms with van der Waals surface area (Å²) in [6.07, 6.45) is 0. The van der Waals surface area contributed by atoms with Gasteiger partial charge in [0.1, 0.15) is 0 Å². The van der Waals surface area contributed by atoms with E-state index in [0.29, 0.717) is 5.69 Å². The van der Waals surface area contributed by atoms with Crippen LogP contribution in [0.2, 0.25) is 0 Å². The molecule has 0 spiro atoms. The number of nitrogens with zero attached hydrogens (tertiary/aromatic N) is 3. The van der Waals surface area contributed by atoms with Crippen LogP contribution in [-0.4, -0.2) is 21.1 Å². The van der Waals surface area contributed by atoms with Crippen LogP contribution in [0, 0.1) is 24.0 Å². The van der Waals surface area contributed by atoms with Crippen molar-refractivity contribution in [2.45, 2.75) is 13.8 Å². The molecular formula is C19H15N3O4. The van der Waals surface area contributed by atoms with Crippen molar-refractivity contribution in [3.05, 3.63) is 81.4 Å². The Hall–Kier alpha value is -3.61. The van der Waals surface area contributed by atoms with E-state index in [1.54, 1.807) is 6.07 Å². The smallest absolute Gasteiger partial charge is 0.345 e. The third kappa shape index (κ3) is 3.72. The highest BCUT2D eigenvalue weighted by molar-refractivity contribution is 5.91. The molecule has 3 aromatic rings. The largest absolute Gasteiger partial charge is 0.402 e. The Balaban J connectivity index is 1.76. The molecule has 7 heteroatoms. The van der Waals surface area contributed by atoms with Crippen LogP contribution >= 0.6 is 0 Å². The van der Waals surface area contributed by atoms with Gasteiger partial charge in [-0.2, -0.15) is 0 Å². The molecule has 0 amide bonds. The maximum absolute atomic E-state index is 12.1. The van der Waals surface area contributed by atoms with Crippen LogP contribution in [0.3, 0.4) is 0 Å². The van der Waals surface area contributed by atoms with Gasteiger partial charge in [-0.1, -0.05) is 18.2 Å². The maximum atomic E-state index is 12.1. The van der Waals surface area contributed by atoms with E-state index in [1.165, 1.54) is 29.8 Å². The quantitative estimate of drug-likeness (QED) is 0.403. The SMILES string of the molecule is Cc1ccc(-c2ccc(OC(=O)c3cccc([N+](=O)[O-])c3)nn2)cc1C. The number of aromatic nitrogens is 2. The summed E-state index contributed by atoms with van der Waals surface area (Å²) in [6, 6.07) is 14.5. The maximum Gasteiger partial charge on any atom is 0.345 e. The number of nitro benzene ring substituents is 1. The van der Waals surface area contributed by atoms with Gasteiger partial charge in [0, 0.05) is 23.8 Å². The standard InChI is InChI=1S/C19H15N3O4/c1-12-6-7-14(10-13(12)2)17-8-9-18(21-20-17)26-19(23)15-4-3-5-16(11-15)22(24)25/h3-11H,1-2H3. The van der Waals surface area contributed by atoms with Crippen LogP contribution in [0.1, 0.15) is 21.5 Å².